The van der Waals surface area contributed by atoms with Crippen molar-refractivity contribution in [1.29, 1.82) is 0 Å². The van der Waals surface area contributed by atoms with Crippen molar-refractivity contribution >= 4 is 15.8 Å². The molecular weight excluding hydrogens is 310 g/mol. The van der Waals surface area contributed by atoms with Crippen molar-refractivity contribution in [2.75, 3.05) is 25.6 Å². The first kappa shape index (κ1) is 19.5. The van der Waals surface area contributed by atoms with Gasteiger partial charge in [0.2, 0.25) is 0 Å². The van der Waals surface area contributed by atoms with E-state index in [4.69, 9.17) is 0 Å². The zero-order chi connectivity index (χ0) is 17.5. The highest BCUT2D eigenvalue weighted by atomic mass is 32.2. The second-order valence-corrected chi connectivity index (χ2v) is 9.01. The molecule has 1 aromatic rings. The SMILES string of the molecule is CN=C(NCC(C)(C)CCS(C)(=O)=O)NC(C)c1ccccc1. The molecule has 23 heavy (non-hydrogen) atoms. The predicted octanol–water partition coefficient (Wildman–Crippen LogP) is 2.37. The van der Waals surface area contributed by atoms with Crippen LogP contribution in [0.5, 0.6) is 0 Å². The van der Waals surface area contributed by atoms with E-state index in [0.29, 0.717) is 18.9 Å². The normalized spacial score (nSPS) is 14.4. The Bertz CT molecular complexity index is 610. The van der Waals surface area contributed by atoms with Crippen LogP contribution in [0.25, 0.3) is 0 Å². The maximum absolute atomic E-state index is 11.3. The fraction of sp³-hybridized carbons (Fsp3) is 0.588. The molecule has 1 aromatic carbocycles. The van der Waals surface area contributed by atoms with Gasteiger partial charge in [0.1, 0.15) is 9.84 Å². The smallest absolute Gasteiger partial charge is 0.191 e. The number of hydrogen-bond donors (Lipinski definition) is 2. The van der Waals surface area contributed by atoms with Gasteiger partial charge in [-0.15, -0.1) is 0 Å². The van der Waals surface area contributed by atoms with E-state index in [0.717, 1.165) is 0 Å². The van der Waals surface area contributed by atoms with E-state index in [2.05, 4.69) is 48.5 Å². The lowest BCUT2D eigenvalue weighted by Gasteiger charge is -2.27. The minimum atomic E-state index is -2.93. The minimum Gasteiger partial charge on any atom is -0.356 e. The average Bonchev–Trinajstić information content (AvgIpc) is 2.49. The lowest BCUT2D eigenvalue weighted by Crippen LogP contribution is -2.43. The number of benzene rings is 1. The lowest BCUT2D eigenvalue weighted by molar-refractivity contribution is 0.348. The Hall–Kier alpha value is -1.56. The summed E-state index contributed by atoms with van der Waals surface area (Å²) in [6.45, 7) is 6.85. The number of guanidine groups is 1. The molecule has 130 valence electrons. The molecule has 0 aliphatic rings. The monoisotopic (exact) mass is 339 g/mol. The summed E-state index contributed by atoms with van der Waals surface area (Å²) < 4.78 is 22.6. The van der Waals surface area contributed by atoms with Crippen molar-refractivity contribution in [2.45, 2.75) is 33.2 Å². The molecule has 0 amide bonds. The second-order valence-electron chi connectivity index (χ2n) is 6.75. The van der Waals surface area contributed by atoms with Gasteiger partial charge in [0.15, 0.2) is 5.96 Å². The van der Waals surface area contributed by atoms with Crippen LogP contribution in [-0.4, -0.2) is 40.0 Å². The van der Waals surface area contributed by atoms with E-state index in [1.165, 1.54) is 11.8 Å². The zero-order valence-corrected chi connectivity index (χ0v) is 15.6. The van der Waals surface area contributed by atoms with Crippen LogP contribution in [0.3, 0.4) is 0 Å². The summed E-state index contributed by atoms with van der Waals surface area (Å²) in [5.74, 6) is 0.919. The fourth-order valence-electron chi connectivity index (χ4n) is 2.10. The highest BCUT2D eigenvalue weighted by Gasteiger charge is 2.21. The molecule has 1 rings (SSSR count). The highest BCUT2D eigenvalue weighted by Crippen LogP contribution is 2.20. The molecular formula is C17H29N3O2S. The van der Waals surface area contributed by atoms with Crippen molar-refractivity contribution in [3.05, 3.63) is 35.9 Å². The number of nitrogens with zero attached hydrogens (tertiary/aromatic N) is 1. The van der Waals surface area contributed by atoms with Crippen LogP contribution >= 0.6 is 0 Å². The van der Waals surface area contributed by atoms with Crippen LogP contribution in [0.2, 0.25) is 0 Å². The maximum Gasteiger partial charge on any atom is 0.191 e. The molecule has 0 aliphatic carbocycles. The third-order valence-electron chi connectivity index (χ3n) is 3.76. The van der Waals surface area contributed by atoms with Crippen molar-refractivity contribution in [2.24, 2.45) is 10.4 Å². The number of rotatable bonds is 7. The van der Waals surface area contributed by atoms with E-state index in [-0.39, 0.29) is 17.2 Å². The van der Waals surface area contributed by atoms with Gasteiger partial charge in [-0.1, -0.05) is 44.2 Å². The molecule has 0 saturated carbocycles. The van der Waals surface area contributed by atoms with Gasteiger partial charge in [-0.2, -0.15) is 0 Å². The van der Waals surface area contributed by atoms with Crippen LogP contribution in [0.1, 0.15) is 38.8 Å². The molecule has 0 saturated heterocycles. The summed E-state index contributed by atoms with van der Waals surface area (Å²) in [5, 5.41) is 6.64. The molecule has 0 fully saturated rings. The molecule has 1 unspecified atom stereocenters. The molecule has 0 spiro atoms. The molecule has 6 heteroatoms. The van der Waals surface area contributed by atoms with Gasteiger partial charge in [-0.25, -0.2) is 8.42 Å². The van der Waals surface area contributed by atoms with Crippen LogP contribution in [0.4, 0.5) is 0 Å². The van der Waals surface area contributed by atoms with Crippen LogP contribution in [0, 0.1) is 5.41 Å². The zero-order valence-electron chi connectivity index (χ0n) is 14.8. The third kappa shape index (κ3) is 8.02. The molecule has 0 heterocycles. The summed E-state index contributed by atoms with van der Waals surface area (Å²) in [7, 11) is -1.20. The molecule has 1 atom stereocenters. The second kappa shape index (κ2) is 8.34. The largest absolute Gasteiger partial charge is 0.356 e. The van der Waals surface area contributed by atoms with Crippen LogP contribution < -0.4 is 10.6 Å². The molecule has 0 radical (unpaired) electrons. The van der Waals surface area contributed by atoms with Gasteiger partial charge in [-0.3, -0.25) is 4.99 Å². The minimum absolute atomic E-state index is 0.128. The maximum atomic E-state index is 11.3. The first-order valence-corrected chi connectivity index (χ1v) is 9.89. The first-order chi connectivity index (χ1) is 10.6. The summed E-state index contributed by atoms with van der Waals surface area (Å²) >= 11 is 0. The Labute approximate surface area is 140 Å². The fourth-order valence-corrected chi connectivity index (χ4v) is 3.02. The first-order valence-electron chi connectivity index (χ1n) is 7.83. The number of aliphatic imine (C=N–C) groups is 1. The van der Waals surface area contributed by atoms with Gasteiger partial charge in [-0.05, 0) is 24.3 Å². The molecule has 2 N–H and O–H groups in total. The summed E-state index contributed by atoms with van der Waals surface area (Å²) in [5.41, 5.74) is 1.06. The average molecular weight is 340 g/mol. The Morgan fingerprint density at radius 1 is 1.26 bits per heavy atom. The van der Waals surface area contributed by atoms with Crippen molar-refractivity contribution in [1.82, 2.24) is 10.6 Å². The van der Waals surface area contributed by atoms with E-state index in [1.54, 1.807) is 7.05 Å². The van der Waals surface area contributed by atoms with E-state index < -0.39 is 9.84 Å². The number of sulfone groups is 1. The molecule has 5 nitrogen and oxygen atoms in total. The Morgan fingerprint density at radius 3 is 2.39 bits per heavy atom. The Kier molecular flexibility index (Phi) is 7.06. The van der Waals surface area contributed by atoms with Crippen molar-refractivity contribution in [3.63, 3.8) is 0 Å². The van der Waals surface area contributed by atoms with Crippen molar-refractivity contribution in [3.8, 4) is 0 Å². The number of nitrogens with one attached hydrogen (secondary N) is 2. The Balaban J connectivity index is 2.54. The number of hydrogen-bond acceptors (Lipinski definition) is 3. The van der Waals surface area contributed by atoms with E-state index in [1.807, 2.05) is 18.2 Å². The van der Waals surface area contributed by atoms with Gasteiger partial charge in [0.05, 0.1) is 11.8 Å². The molecule has 0 bridgehead atoms. The van der Waals surface area contributed by atoms with Crippen LogP contribution in [-0.2, 0) is 9.84 Å². The Morgan fingerprint density at radius 2 is 1.87 bits per heavy atom. The van der Waals surface area contributed by atoms with Crippen LogP contribution in [0.15, 0.2) is 35.3 Å². The molecule has 0 aliphatic heterocycles. The summed E-state index contributed by atoms with van der Waals surface area (Å²) in [6.07, 6.45) is 1.89. The lowest BCUT2D eigenvalue weighted by atomic mass is 9.90. The quantitative estimate of drug-likeness (QED) is 0.591. The van der Waals surface area contributed by atoms with Gasteiger partial charge in [0.25, 0.3) is 0 Å². The van der Waals surface area contributed by atoms with E-state index >= 15 is 0 Å². The summed E-state index contributed by atoms with van der Waals surface area (Å²) in [6, 6.07) is 10.3. The topological polar surface area (TPSA) is 70.6 Å². The molecule has 0 aromatic heterocycles. The summed E-state index contributed by atoms with van der Waals surface area (Å²) in [4.78, 5) is 4.24. The van der Waals surface area contributed by atoms with Gasteiger partial charge in [0, 0.05) is 19.8 Å². The highest BCUT2D eigenvalue weighted by molar-refractivity contribution is 7.90. The third-order valence-corrected chi connectivity index (χ3v) is 4.71. The predicted molar refractivity (Wildman–Crippen MR) is 97.5 cm³/mol. The van der Waals surface area contributed by atoms with Gasteiger partial charge >= 0.3 is 0 Å². The standard InChI is InChI=1S/C17H29N3O2S/c1-14(15-9-7-6-8-10-15)20-16(18-4)19-13-17(2,3)11-12-23(5,21)22/h6-10,14H,11-13H2,1-5H3,(H2,18,19,20). The van der Waals surface area contributed by atoms with Gasteiger partial charge < -0.3 is 10.6 Å². The van der Waals surface area contributed by atoms with Crippen molar-refractivity contribution < 1.29 is 8.42 Å². The van der Waals surface area contributed by atoms with E-state index in [9.17, 15) is 8.42 Å².